The molecule has 5 N–H and O–H groups in total. The maximum atomic E-state index is 12.9. The fraction of sp³-hybridized carbons (Fsp3) is 0.784. The van der Waals surface area contributed by atoms with Crippen molar-refractivity contribution in [1.82, 2.24) is 0 Å². The molecular formula is C51H78O14. The van der Waals surface area contributed by atoms with Crippen molar-refractivity contribution in [3.05, 3.63) is 60.3 Å². The lowest BCUT2D eigenvalue weighted by Crippen LogP contribution is -2.60. The van der Waals surface area contributed by atoms with Gasteiger partial charge in [0.15, 0.2) is 17.2 Å². The number of aliphatic hydroxyl groups excluding tert-OH is 4. The van der Waals surface area contributed by atoms with Gasteiger partial charge in [0.2, 0.25) is 5.79 Å². The number of aliphatic hydroxyl groups is 5. The monoisotopic (exact) mass is 915 g/mol. The molecule has 7 heterocycles. The summed E-state index contributed by atoms with van der Waals surface area (Å²) in [6, 6.07) is 0. The van der Waals surface area contributed by atoms with E-state index in [1.165, 1.54) is 6.92 Å². The van der Waals surface area contributed by atoms with Gasteiger partial charge in [0.25, 0.3) is 0 Å². The molecule has 14 heteroatoms. The van der Waals surface area contributed by atoms with Gasteiger partial charge in [-0.1, -0.05) is 63.8 Å². The molecule has 6 fully saturated rings. The van der Waals surface area contributed by atoms with E-state index in [1.54, 1.807) is 12.2 Å². The number of carbonyl (C=O) groups is 1. The molecule has 0 bridgehead atoms. The highest BCUT2D eigenvalue weighted by atomic mass is 16.7. The Hall–Kier alpha value is -2.31. The molecule has 17 unspecified atom stereocenters. The van der Waals surface area contributed by atoms with E-state index in [0.717, 1.165) is 50.7 Å². The van der Waals surface area contributed by atoms with Gasteiger partial charge in [0, 0.05) is 38.0 Å². The molecule has 0 aromatic carbocycles. The van der Waals surface area contributed by atoms with Crippen molar-refractivity contribution in [2.45, 2.75) is 215 Å². The Kier molecular flexibility index (Phi) is 16.4. The van der Waals surface area contributed by atoms with Crippen LogP contribution in [0.25, 0.3) is 0 Å². The highest BCUT2D eigenvalue weighted by Gasteiger charge is 2.55. The van der Waals surface area contributed by atoms with Crippen molar-refractivity contribution >= 4 is 5.97 Å². The predicted octanol–water partition coefficient (Wildman–Crippen LogP) is 6.17. The summed E-state index contributed by atoms with van der Waals surface area (Å²) in [6.45, 7) is 18.4. The number of hydrogen-bond acceptors (Lipinski definition) is 14. The van der Waals surface area contributed by atoms with Crippen molar-refractivity contribution in [3.8, 4) is 0 Å². The third kappa shape index (κ3) is 11.8. The van der Waals surface area contributed by atoms with Crippen LogP contribution in [0, 0.1) is 17.8 Å². The number of hydrogen-bond donors (Lipinski definition) is 5. The molecule has 0 radical (unpaired) electrons. The van der Waals surface area contributed by atoms with Crippen molar-refractivity contribution < 1.29 is 68.2 Å². The molecule has 7 aliphatic heterocycles. The summed E-state index contributed by atoms with van der Waals surface area (Å²) in [5.74, 6) is -3.34. The first kappa shape index (κ1) is 50.6. The molecule has 7 aliphatic rings. The average molecular weight is 915 g/mol. The third-order valence-corrected chi connectivity index (χ3v) is 15.1. The third-order valence-electron chi connectivity index (χ3n) is 15.1. The molecule has 3 spiro atoms. The van der Waals surface area contributed by atoms with Gasteiger partial charge >= 0.3 is 5.97 Å². The minimum Gasteiger partial charge on any atom is -0.459 e. The summed E-state index contributed by atoms with van der Waals surface area (Å²) in [6.07, 6.45) is 13.1. The minimum absolute atomic E-state index is 0.0444. The highest BCUT2D eigenvalue weighted by molar-refractivity contribution is 5.78. The van der Waals surface area contributed by atoms with Crippen LogP contribution in [0.4, 0.5) is 0 Å². The van der Waals surface area contributed by atoms with Crippen molar-refractivity contribution in [2.24, 2.45) is 17.8 Å². The van der Waals surface area contributed by atoms with Crippen LogP contribution in [0.1, 0.15) is 131 Å². The average Bonchev–Trinajstić information content (AvgIpc) is 3.67. The Bertz CT molecular complexity index is 1750. The maximum absolute atomic E-state index is 12.9. The fourth-order valence-electron chi connectivity index (χ4n) is 11.2. The Labute approximate surface area is 386 Å². The Morgan fingerprint density at radius 1 is 1.00 bits per heavy atom. The predicted molar refractivity (Wildman–Crippen MR) is 241 cm³/mol. The molecule has 65 heavy (non-hydrogen) atoms. The lowest BCUT2D eigenvalue weighted by molar-refractivity contribution is -0.321. The van der Waals surface area contributed by atoms with E-state index in [4.69, 9.17) is 43.0 Å². The largest absolute Gasteiger partial charge is 0.459 e. The minimum atomic E-state index is -1.85. The molecule has 0 saturated carbocycles. The highest BCUT2D eigenvalue weighted by Crippen LogP contribution is 2.47. The number of ether oxygens (including phenoxy) is 8. The van der Waals surface area contributed by atoms with E-state index >= 15 is 0 Å². The van der Waals surface area contributed by atoms with Crippen LogP contribution in [0.3, 0.4) is 0 Å². The first-order valence-electron chi connectivity index (χ1n) is 24.5. The Morgan fingerprint density at radius 3 is 2.52 bits per heavy atom. The molecule has 14 nitrogen and oxygen atoms in total. The summed E-state index contributed by atoms with van der Waals surface area (Å²) in [7, 11) is 0. The van der Waals surface area contributed by atoms with Gasteiger partial charge in [-0.25, -0.2) is 4.79 Å². The summed E-state index contributed by atoms with van der Waals surface area (Å²) >= 11 is 0. The zero-order valence-electron chi connectivity index (χ0n) is 39.4. The molecule has 0 aromatic heterocycles. The summed E-state index contributed by atoms with van der Waals surface area (Å²) in [4.78, 5) is 12.9. The molecule has 0 aromatic rings. The zero-order valence-corrected chi connectivity index (χ0v) is 39.4. The van der Waals surface area contributed by atoms with Gasteiger partial charge in [-0.2, -0.15) is 0 Å². The Balaban J connectivity index is 0.898. The second-order valence-electron chi connectivity index (χ2n) is 20.7. The number of rotatable bonds is 15. The molecular weight excluding hydrogens is 837 g/mol. The van der Waals surface area contributed by atoms with Gasteiger partial charge in [0.05, 0.1) is 49.8 Å². The SMILES string of the molecule is C=C(CC=CCO)COC(=O)C(C)(O)CC1CCC(O)C2(C=C(C)CC(C(C)C=CC3CCC4(CCC5OC(C(O)CC(C)C6OC7(CCCCO7)CCC6C)C(=C)C(O)C5O4)O3)O2)O1. The quantitative estimate of drug-likeness (QED) is 0.0926. The van der Waals surface area contributed by atoms with E-state index in [9.17, 15) is 25.2 Å². The summed E-state index contributed by atoms with van der Waals surface area (Å²) in [5.41, 5.74) is 0.185. The van der Waals surface area contributed by atoms with Crippen molar-refractivity contribution in [3.63, 3.8) is 0 Å². The smallest absolute Gasteiger partial charge is 0.338 e. The molecule has 17 atom stereocenters. The second-order valence-corrected chi connectivity index (χ2v) is 20.7. The number of esters is 1. The van der Waals surface area contributed by atoms with Crippen LogP contribution in [0.2, 0.25) is 0 Å². The van der Waals surface area contributed by atoms with E-state index in [1.807, 2.05) is 19.1 Å². The molecule has 6 saturated heterocycles. The van der Waals surface area contributed by atoms with Gasteiger partial charge in [-0.15, -0.1) is 0 Å². The molecule has 0 aliphatic carbocycles. The number of allylic oxidation sites excluding steroid dienone is 1. The van der Waals surface area contributed by atoms with E-state index in [2.05, 4.69) is 40.0 Å². The number of fused-ring (bicyclic) bond motifs is 1. The van der Waals surface area contributed by atoms with Crippen molar-refractivity contribution in [1.29, 1.82) is 0 Å². The second kappa shape index (κ2) is 21.1. The lowest BCUT2D eigenvalue weighted by atomic mass is 9.79. The van der Waals surface area contributed by atoms with Crippen LogP contribution in [0.15, 0.2) is 60.3 Å². The first-order valence-corrected chi connectivity index (χ1v) is 24.5. The number of carbonyl (C=O) groups excluding carboxylic acids is 1. The topological polar surface area (TPSA) is 192 Å². The van der Waals surface area contributed by atoms with Crippen molar-refractivity contribution in [2.75, 3.05) is 19.8 Å². The standard InChI is InChI=1S/C51H78O14/c1-31(12-8-10-24-52)30-58-47(56)48(7,57)29-38-15-16-42(54)51(62-38)28-32(2)26-41(63-51)33(3)13-14-37-18-22-50(61-37)23-19-40-46(65-50)43(55)36(6)45(60-40)39(53)27-35(5)44-34(4)17-21-49(64-44)20-9-11-25-59-49/h8,10,13-14,28,33-35,37-46,52-55,57H,1,6,9,11-12,15-27,29-30H2,2-5,7H3. The van der Waals surface area contributed by atoms with E-state index in [0.29, 0.717) is 68.4 Å². The fourth-order valence-corrected chi connectivity index (χ4v) is 11.2. The molecule has 7 rings (SSSR count). The van der Waals surface area contributed by atoms with Crippen LogP contribution < -0.4 is 0 Å². The summed E-state index contributed by atoms with van der Waals surface area (Å²) in [5, 5.41) is 54.6. The van der Waals surface area contributed by atoms with Gasteiger partial charge in [0.1, 0.15) is 31.0 Å². The Morgan fingerprint density at radius 2 is 1.77 bits per heavy atom. The maximum Gasteiger partial charge on any atom is 0.338 e. The molecule has 0 amide bonds. The van der Waals surface area contributed by atoms with E-state index in [-0.39, 0.29) is 49.8 Å². The lowest BCUT2D eigenvalue weighted by Gasteiger charge is -2.50. The van der Waals surface area contributed by atoms with Gasteiger partial charge in [-0.05, 0) is 107 Å². The normalized spacial score (nSPS) is 41.3. The summed E-state index contributed by atoms with van der Waals surface area (Å²) < 4.78 is 51.0. The zero-order chi connectivity index (χ0) is 46.7. The molecule has 366 valence electrons. The van der Waals surface area contributed by atoms with Gasteiger partial charge < -0.3 is 63.4 Å². The van der Waals surface area contributed by atoms with E-state index < -0.39 is 71.7 Å². The van der Waals surface area contributed by atoms with Gasteiger partial charge in [-0.3, -0.25) is 0 Å². The van der Waals surface area contributed by atoms with Crippen LogP contribution >= 0.6 is 0 Å². The van der Waals surface area contributed by atoms with Crippen LogP contribution in [-0.4, -0.2) is 135 Å². The van der Waals surface area contributed by atoms with Crippen LogP contribution in [-0.2, 0) is 42.7 Å². The first-order chi connectivity index (χ1) is 30.9. The van der Waals surface area contributed by atoms with Crippen LogP contribution in [0.5, 0.6) is 0 Å².